The van der Waals surface area contributed by atoms with Gasteiger partial charge in [0.2, 0.25) is 0 Å². The van der Waals surface area contributed by atoms with Crippen molar-refractivity contribution in [1.29, 1.82) is 0 Å². The summed E-state index contributed by atoms with van der Waals surface area (Å²) in [6.45, 7) is 3.92. The highest BCUT2D eigenvalue weighted by atomic mass is 35.5. The van der Waals surface area contributed by atoms with Crippen molar-refractivity contribution < 1.29 is 0 Å². The van der Waals surface area contributed by atoms with Crippen molar-refractivity contribution in [2.45, 2.75) is 36.8 Å². The molecule has 30 heavy (non-hydrogen) atoms. The molecule has 1 saturated heterocycles. The maximum atomic E-state index is 6.09. The fourth-order valence-electron chi connectivity index (χ4n) is 3.83. The molecule has 4 aromatic rings. The van der Waals surface area contributed by atoms with E-state index in [-0.39, 0.29) is 0 Å². The van der Waals surface area contributed by atoms with E-state index in [0.717, 1.165) is 54.3 Å². The van der Waals surface area contributed by atoms with E-state index >= 15 is 0 Å². The molecule has 4 heterocycles. The van der Waals surface area contributed by atoms with Crippen LogP contribution in [0.15, 0.2) is 60.0 Å². The minimum atomic E-state index is 0.702. The molecular formula is C22H23ClN6S. The number of aromatic nitrogens is 5. The van der Waals surface area contributed by atoms with E-state index in [1.807, 2.05) is 35.0 Å². The molecule has 8 heteroatoms. The SMILES string of the molecule is Clc1ccc2nc(CSc3nnc(CN4CCCC4)n3Cc3ccccc3)cn2c1. The number of benzene rings is 1. The third kappa shape index (κ3) is 4.38. The van der Waals surface area contributed by atoms with Gasteiger partial charge in [0.05, 0.1) is 23.8 Å². The Morgan fingerprint density at radius 1 is 0.933 bits per heavy atom. The summed E-state index contributed by atoms with van der Waals surface area (Å²) >= 11 is 7.77. The second-order valence-electron chi connectivity index (χ2n) is 7.59. The van der Waals surface area contributed by atoms with Crippen LogP contribution < -0.4 is 0 Å². The smallest absolute Gasteiger partial charge is 0.191 e. The quantitative estimate of drug-likeness (QED) is 0.397. The minimum absolute atomic E-state index is 0.702. The summed E-state index contributed by atoms with van der Waals surface area (Å²) in [5.41, 5.74) is 3.15. The van der Waals surface area contributed by atoms with Crippen molar-refractivity contribution in [2.24, 2.45) is 0 Å². The van der Waals surface area contributed by atoms with Crippen LogP contribution in [0.5, 0.6) is 0 Å². The second kappa shape index (κ2) is 8.79. The fraction of sp³-hybridized carbons (Fsp3) is 0.318. The molecule has 0 radical (unpaired) electrons. The molecule has 154 valence electrons. The molecule has 0 aliphatic carbocycles. The molecule has 0 bridgehead atoms. The van der Waals surface area contributed by atoms with Crippen molar-refractivity contribution >= 4 is 29.0 Å². The number of pyridine rings is 1. The van der Waals surface area contributed by atoms with Crippen LogP contribution in [-0.2, 0) is 18.8 Å². The van der Waals surface area contributed by atoms with Gasteiger partial charge in [-0.2, -0.15) is 0 Å². The Kier molecular flexibility index (Phi) is 5.75. The van der Waals surface area contributed by atoms with Gasteiger partial charge in [-0.15, -0.1) is 10.2 Å². The van der Waals surface area contributed by atoms with E-state index in [0.29, 0.717) is 5.02 Å². The summed E-state index contributed by atoms with van der Waals surface area (Å²) in [6.07, 6.45) is 6.44. The van der Waals surface area contributed by atoms with Gasteiger partial charge in [0.1, 0.15) is 11.5 Å². The highest BCUT2D eigenvalue weighted by molar-refractivity contribution is 7.98. The first-order valence-corrected chi connectivity index (χ1v) is 11.6. The Morgan fingerprint density at radius 2 is 1.77 bits per heavy atom. The summed E-state index contributed by atoms with van der Waals surface area (Å²) in [5.74, 6) is 1.76. The molecule has 1 aromatic carbocycles. The molecule has 6 nitrogen and oxygen atoms in total. The third-order valence-electron chi connectivity index (χ3n) is 5.35. The second-order valence-corrected chi connectivity index (χ2v) is 8.97. The van der Waals surface area contributed by atoms with Gasteiger partial charge in [0.15, 0.2) is 5.16 Å². The van der Waals surface area contributed by atoms with Gasteiger partial charge in [-0.1, -0.05) is 53.7 Å². The molecule has 1 aliphatic rings. The molecule has 1 fully saturated rings. The molecule has 0 amide bonds. The summed E-state index contributed by atoms with van der Waals surface area (Å²) in [4.78, 5) is 7.15. The van der Waals surface area contributed by atoms with E-state index in [2.05, 4.69) is 43.9 Å². The van der Waals surface area contributed by atoms with Crippen LogP contribution in [0.2, 0.25) is 5.02 Å². The first kappa shape index (κ1) is 19.6. The third-order valence-corrected chi connectivity index (χ3v) is 6.58. The van der Waals surface area contributed by atoms with Crippen LogP contribution in [0.1, 0.15) is 29.9 Å². The van der Waals surface area contributed by atoms with Gasteiger partial charge < -0.3 is 8.97 Å². The number of nitrogens with zero attached hydrogens (tertiary/aromatic N) is 6. The Morgan fingerprint density at radius 3 is 2.60 bits per heavy atom. The number of imidazole rings is 1. The lowest BCUT2D eigenvalue weighted by Gasteiger charge is -2.16. The molecular weight excluding hydrogens is 416 g/mol. The summed E-state index contributed by atoms with van der Waals surface area (Å²) < 4.78 is 4.22. The van der Waals surface area contributed by atoms with Crippen molar-refractivity contribution in [3.05, 3.63) is 77.0 Å². The molecule has 1 aliphatic heterocycles. The van der Waals surface area contributed by atoms with E-state index in [1.165, 1.54) is 18.4 Å². The average Bonchev–Trinajstić information content (AvgIpc) is 3.49. The molecule has 0 spiro atoms. The minimum Gasteiger partial charge on any atom is -0.305 e. The van der Waals surface area contributed by atoms with Crippen LogP contribution in [-0.4, -0.2) is 42.1 Å². The maximum Gasteiger partial charge on any atom is 0.191 e. The lowest BCUT2D eigenvalue weighted by molar-refractivity contribution is 0.316. The van der Waals surface area contributed by atoms with Crippen LogP contribution in [0.3, 0.4) is 0 Å². The standard InChI is InChI=1S/C22H23ClN6S/c23-18-8-9-20-24-19(14-28(20)13-18)16-30-22-26-25-21(15-27-10-4-5-11-27)29(22)12-17-6-2-1-3-7-17/h1-3,6-9,13-14H,4-5,10-12,15-16H2. The predicted octanol–water partition coefficient (Wildman–Crippen LogP) is 4.52. The molecule has 0 atom stereocenters. The summed E-state index contributed by atoms with van der Waals surface area (Å²) in [5, 5.41) is 10.7. The monoisotopic (exact) mass is 438 g/mol. The Bertz CT molecular complexity index is 1130. The number of halogens is 1. The average molecular weight is 439 g/mol. The van der Waals surface area contributed by atoms with Crippen LogP contribution in [0.25, 0.3) is 5.65 Å². The Balaban J connectivity index is 1.37. The number of likely N-dealkylation sites (tertiary alicyclic amines) is 1. The van der Waals surface area contributed by atoms with Crippen molar-refractivity contribution in [1.82, 2.24) is 29.0 Å². The number of rotatable bonds is 7. The number of hydrogen-bond acceptors (Lipinski definition) is 5. The van der Waals surface area contributed by atoms with Crippen LogP contribution in [0.4, 0.5) is 0 Å². The molecule has 3 aromatic heterocycles. The van der Waals surface area contributed by atoms with Gasteiger partial charge in [-0.05, 0) is 43.6 Å². The van der Waals surface area contributed by atoms with Crippen LogP contribution >= 0.6 is 23.4 Å². The molecule has 0 N–H and O–H groups in total. The predicted molar refractivity (Wildman–Crippen MR) is 120 cm³/mol. The highest BCUT2D eigenvalue weighted by Crippen LogP contribution is 2.24. The zero-order valence-electron chi connectivity index (χ0n) is 16.6. The molecule has 0 saturated carbocycles. The highest BCUT2D eigenvalue weighted by Gasteiger charge is 2.19. The summed E-state index contributed by atoms with van der Waals surface area (Å²) in [6, 6.07) is 14.3. The van der Waals surface area contributed by atoms with E-state index < -0.39 is 0 Å². The van der Waals surface area contributed by atoms with Crippen molar-refractivity contribution in [2.75, 3.05) is 13.1 Å². The molecule has 0 unspecified atom stereocenters. The normalized spacial score (nSPS) is 14.7. The van der Waals surface area contributed by atoms with Gasteiger partial charge >= 0.3 is 0 Å². The lowest BCUT2D eigenvalue weighted by Crippen LogP contribution is -2.21. The Labute approximate surface area is 184 Å². The van der Waals surface area contributed by atoms with E-state index in [4.69, 9.17) is 16.6 Å². The largest absolute Gasteiger partial charge is 0.305 e. The maximum absolute atomic E-state index is 6.09. The van der Waals surface area contributed by atoms with E-state index in [9.17, 15) is 0 Å². The van der Waals surface area contributed by atoms with Crippen LogP contribution in [0, 0.1) is 0 Å². The molecule has 5 rings (SSSR count). The van der Waals surface area contributed by atoms with Gasteiger partial charge in [0, 0.05) is 18.1 Å². The van der Waals surface area contributed by atoms with Gasteiger partial charge in [0.25, 0.3) is 0 Å². The first-order valence-electron chi connectivity index (χ1n) is 10.2. The zero-order valence-corrected chi connectivity index (χ0v) is 18.2. The number of hydrogen-bond donors (Lipinski definition) is 0. The zero-order chi connectivity index (χ0) is 20.3. The van der Waals surface area contributed by atoms with Crippen molar-refractivity contribution in [3.63, 3.8) is 0 Å². The fourth-order valence-corrected chi connectivity index (χ4v) is 4.84. The van der Waals surface area contributed by atoms with Gasteiger partial charge in [-0.3, -0.25) is 4.90 Å². The van der Waals surface area contributed by atoms with Crippen molar-refractivity contribution in [3.8, 4) is 0 Å². The van der Waals surface area contributed by atoms with E-state index in [1.54, 1.807) is 11.8 Å². The van der Waals surface area contributed by atoms with Gasteiger partial charge in [-0.25, -0.2) is 4.98 Å². The lowest BCUT2D eigenvalue weighted by atomic mass is 10.2. The number of thioether (sulfide) groups is 1. The Hall–Kier alpha value is -2.35. The topological polar surface area (TPSA) is 51.2 Å². The first-order chi connectivity index (χ1) is 14.7. The number of fused-ring (bicyclic) bond motifs is 1. The summed E-state index contributed by atoms with van der Waals surface area (Å²) in [7, 11) is 0.